The molecule has 0 aliphatic heterocycles. The first-order valence-corrected chi connectivity index (χ1v) is 54.5. The van der Waals surface area contributed by atoms with Crippen molar-refractivity contribution in [1.29, 1.82) is 0 Å². The van der Waals surface area contributed by atoms with Gasteiger partial charge in [0.1, 0.15) is 0 Å². The molecular formula is C41H44Cl4Si2Zr2. The first-order valence-electron chi connectivity index (χ1n) is 18.0. The van der Waals surface area contributed by atoms with E-state index in [1.807, 2.05) is 0 Å². The number of fused-ring (bicyclic) bond motifs is 4. The van der Waals surface area contributed by atoms with Gasteiger partial charge in [0.05, 0.1) is 0 Å². The third-order valence-corrected chi connectivity index (χ3v) is 124. The van der Waals surface area contributed by atoms with E-state index in [2.05, 4.69) is 159 Å². The Kier molecular flexibility index (Phi) is 8.17. The van der Waals surface area contributed by atoms with Gasteiger partial charge in [0.2, 0.25) is 0 Å². The topological polar surface area (TPSA) is 0 Å². The molecule has 0 saturated carbocycles. The van der Waals surface area contributed by atoms with Crippen molar-refractivity contribution in [2.24, 2.45) is 0 Å². The van der Waals surface area contributed by atoms with Crippen LogP contribution >= 0.6 is 34.1 Å². The average molecular weight is 917 g/mol. The van der Waals surface area contributed by atoms with Crippen molar-refractivity contribution in [1.82, 2.24) is 0 Å². The average Bonchev–Trinajstić information content (AvgIpc) is 3.93. The van der Waals surface area contributed by atoms with Gasteiger partial charge < -0.3 is 0 Å². The second kappa shape index (κ2) is 11.4. The molecule has 4 aromatic carbocycles. The van der Waals surface area contributed by atoms with Crippen LogP contribution in [0.25, 0.3) is 24.3 Å². The van der Waals surface area contributed by atoms with Crippen LogP contribution in [0.2, 0.25) is 21.4 Å². The number of benzene rings is 4. The maximum absolute atomic E-state index is 8.90. The SMILES string of the molecule is C[SiH2][Zr]([Cl])([Cl])([CH2]C[CH2][Zr]([Cl])([Cl])([SiH2]C)([CH]1C=Cc2ccccc21)[CH]1C=Cc2ccccc21)([CH]1C=Cc2ccccc21)[CH]1C=Cc2ccccc21. The predicted molar refractivity (Wildman–Crippen MR) is 219 cm³/mol. The first kappa shape index (κ1) is 35.2. The van der Waals surface area contributed by atoms with E-state index in [9.17, 15) is 0 Å². The molecule has 0 radical (unpaired) electrons. The molecule has 4 aliphatic rings. The summed E-state index contributed by atoms with van der Waals surface area (Å²) in [4.78, 5) is 0. The second-order valence-electron chi connectivity index (χ2n) is 16.0. The molecule has 0 bridgehead atoms. The summed E-state index contributed by atoms with van der Waals surface area (Å²) in [5.74, 6) is 0. The molecule has 0 fully saturated rings. The van der Waals surface area contributed by atoms with Gasteiger partial charge in [-0.1, -0.05) is 0 Å². The van der Waals surface area contributed by atoms with Crippen molar-refractivity contribution >= 4 is 71.6 Å². The summed E-state index contributed by atoms with van der Waals surface area (Å²) in [5, 5.41) is 0. The summed E-state index contributed by atoms with van der Waals surface area (Å²) < 4.78 is 1.71. The summed E-state index contributed by atoms with van der Waals surface area (Å²) in [5.41, 5.74) is 10.2. The fourth-order valence-corrected chi connectivity index (χ4v) is 84.9. The van der Waals surface area contributed by atoms with E-state index < -0.39 is 41.4 Å². The Balaban J connectivity index is 1.31. The summed E-state index contributed by atoms with van der Waals surface area (Å²) in [6, 6.07) is 35.1. The van der Waals surface area contributed by atoms with Gasteiger partial charge in [0.25, 0.3) is 0 Å². The summed E-state index contributed by atoms with van der Waals surface area (Å²) in [7, 11) is 35.6. The Morgan fingerprint density at radius 2 is 0.673 bits per heavy atom. The normalized spacial score (nSPS) is 24.9. The van der Waals surface area contributed by atoms with Crippen molar-refractivity contribution in [3.05, 3.63) is 166 Å². The van der Waals surface area contributed by atoms with E-state index in [0.29, 0.717) is 0 Å². The predicted octanol–water partition coefficient (Wildman–Crippen LogP) is 12.6. The number of rotatable bonds is 10. The Labute approximate surface area is 304 Å². The molecule has 0 amide bonds. The molecule has 8 heteroatoms. The fraction of sp³-hybridized carbons (Fsp3) is 0.220. The first-order chi connectivity index (χ1) is 23.3. The minimum absolute atomic E-state index is 0.0255. The van der Waals surface area contributed by atoms with Crippen molar-refractivity contribution in [2.45, 2.75) is 42.3 Å². The van der Waals surface area contributed by atoms with Crippen LogP contribution in [0.3, 0.4) is 0 Å². The summed E-state index contributed by atoms with van der Waals surface area (Å²) in [6.07, 6.45) is 19.5. The summed E-state index contributed by atoms with van der Waals surface area (Å²) >= 11 is -10.9. The van der Waals surface area contributed by atoms with Gasteiger partial charge in [0, 0.05) is 0 Å². The molecule has 0 spiro atoms. The van der Waals surface area contributed by atoms with Gasteiger partial charge in [0.15, 0.2) is 0 Å². The van der Waals surface area contributed by atoms with Crippen molar-refractivity contribution in [3.63, 3.8) is 0 Å². The monoisotopic (exact) mass is 912 g/mol. The van der Waals surface area contributed by atoms with Crippen LogP contribution in [0.4, 0.5) is 0 Å². The quantitative estimate of drug-likeness (QED) is 0.139. The van der Waals surface area contributed by atoms with Crippen LogP contribution in [-0.4, -0.2) is 13.3 Å². The summed E-state index contributed by atoms with van der Waals surface area (Å²) in [6.45, 7) is 2.82. The zero-order valence-corrected chi connectivity index (χ0v) is 39.0. The fourth-order valence-electron chi connectivity index (χ4n) is 11.0. The van der Waals surface area contributed by atoms with Crippen molar-refractivity contribution < 1.29 is 28.1 Å². The maximum atomic E-state index is 8.90. The Hall–Kier alpha value is -0.800. The van der Waals surface area contributed by atoms with Crippen LogP contribution in [0.5, 0.6) is 0 Å². The molecule has 8 rings (SSSR count). The third-order valence-electron chi connectivity index (χ3n) is 14.1. The van der Waals surface area contributed by atoms with E-state index in [4.69, 9.17) is 34.1 Å². The Morgan fingerprint density at radius 3 is 0.918 bits per heavy atom. The molecule has 4 atom stereocenters. The second-order valence-corrected chi connectivity index (χ2v) is 123. The van der Waals surface area contributed by atoms with Gasteiger partial charge in [-0.25, -0.2) is 0 Å². The number of hydrogen-bond donors (Lipinski definition) is 0. The molecular weight excluding hydrogens is 873 g/mol. The number of halogens is 4. The third kappa shape index (κ3) is 4.84. The molecule has 4 unspecified atom stereocenters. The number of allylic oxidation sites excluding steroid dienone is 4. The van der Waals surface area contributed by atoms with E-state index in [0.717, 1.165) is 14.7 Å². The van der Waals surface area contributed by atoms with Crippen molar-refractivity contribution in [3.8, 4) is 0 Å². The standard InChI is InChI=1S/4C9H7.C3H6.2CH5Si.4ClH.2Zr/c4*1-2-5-9-7-3-6-8(9)4-1;1-3-2;2*1-2;;;;;;/h4*1-7H;1-3H2;2*2H2,1H3;4*1H;;/q;;;;;;;;;;;2*+2/p-4. The zero-order chi connectivity index (χ0) is 34.3. The van der Waals surface area contributed by atoms with Gasteiger partial charge in [-0.3, -0.25) is 0 Å². The zero-order valence-electron chi connectivity index (χ0n) is 28.2. The van der Waals surface area contributed by atoms with E-state index in [1.54, 1.807) is 0 Å². The van der Waals surface area contributed by atoms with Gasteiger partial charge in [-0.15, -0.1) is 0 Å². The van der Waals surface area contributed by atoms with Gasteiger partial charge in [-0.2, -0.15) is 0 Å². The molecule has 0 saturated heterocycles. The van der Waals surface area contributed by atoms with Crippen LogP contribution in [0.15, 0.2) is 121 Å². The molecule has 252 valence electrons. The molecule has 4 aromatic rings. The van der Waals surface area contributed by atoms with E-state index >= 15 is 0 Å². The molecule has 0 nitrogen and oxygen atoms in total. The van der Waals surface area contributed by atoms with E-state index in [1.165, 1.54) is 44.5 Å². The Bertz CT molecular complexity index is 1900. The van der Waals surface area contributed by atoms with Crippen molar-refractivity contribution in [2.75, 3.05) is 0 Å². The van der Waals surface area contributed by atoms with Crippen LogP contribution in [0.1, 0.15) is 65.4 Å². The van der Waals surface area contributed by atoms with Crippen LogP contribution in [-0.2, 0) is 28.1 Å². The van der Waals surface area contributed by atoms with Crippen LogP contribution in [0, 0.1) is 0 Å². The minimum atomic E-state index is -5.45. The Morgan fingerprint density at radius 1 is 0.429 bits per heavy atom. The molecule has 49 heavy (non-hydrogen) atoms. The van der Waals surface area contributed by atoms with E-state index in [-0.39, 0.29) is 14.5 Å². The molecule has 0 aromatic heterocycles. The molecule has 4 aliphatic carbocycles. The van der Waals surface area contributed by atoms with Crippen LogP contribution < -0.4 is 0 Å². The molecule has 0 N–H and O–H groups in total. The molecule has 0 heterocycles. The van der Waals surface area contributed by atoms with Gasteiger partial charge in [-0.05, 0) is 0 Å². The number of hydrogen-bond acceptors (Lipinski definition) is 0. The van der Waals surface area contributed by atoms with Gasteiger partial charge >= 0.3 is 308 Å².